The van der Waals surface area contributed by atoms with Crippen molar-refractivity contribution in [3.05, 3.63) is 67.6 Å². The summed E-state index contributed by atoms with van der Waals surface area (Å²) < 4.78 is 7.34. The van der Waals surface area contributed by atoms with E-state index in [9.17, 15) is 4.79 Å². The van der Waals surface area contributed by atoms with E-state index in [2.05, 4.69) is 26.0 Å². The zero-order valence-electron chi connectivity index (χ0n) is 15.2. The van der Waals surface area contributed by atoms with Gasteiger partial charge in [0.1, 0.15) is 17.6 Å². The molecule has 3 aromatic rings. The maximum absolute atomic E-state index is 13.0. The van der Waals surface area contributed by atoms with E-state index in [1.54, 1.807) is 36.5 Å². The summed E-state index contributed by atoms with van der Waals surface area (Å²) in [6.07, 6.45) is 1.54. The highest BCUT2D eigenvalue weighted by molar-refractivity contribution is 9.10. The molecule has 0 radical (unpaired) electrons. The Kier molecular flexibility index (Phi) is 6.12. The third-order valence-electron chi connectivity index (χ3n) is 3.92. The molecular weight excluding hydrogens is 444 g/mol. The lowest BCUT2D eigenvalue weighted by molar-refractivity contribution is 0.368. The van der Waals surface area contributed by atoms with Crippen molar-refractivity contribution in [2.45, 2.75) is 19.8 Å². The van der Waals surface area contributed by atoms with Crippen molar-refractivity contribution in [2.75, 3.05) is 6.61 Å². The molecule has 0 aliphatic carbocycles. The number of ether oxygens (including phenoxy) is 1. The molecule has 8 heteroatoms. The monoisotopic (exact) mass is 458 g/mol. The largest absolute Gasteiger partial charge is 0.477 e. The maximum atomic E-state index is 13.0. The minimum atomic E-state index is -0.244. The summed E-state index contributed by atoms with van der Waals surface area (Å²) in [5, 5.41) is 13.8. The van der Waals surface area contributed by atoms with Crippen LogP contribution in [-0.2, 0) is 0 Å². The Morgan fingerprint density at radius 3 is 2.82 bits per heavy atom. The Morgan fingerprint density at radius 2 is 2.14 bits per heavy atom. The third-order valence-corrected chi connectivity index (χ3v) is 4.71. The molecule has 0 aliphatic heterocycles. The van der Waals surface area contributed by atoms with Crippen molar-refractivity contribution in [1.82, 2.24) is 9.66 Å². The van der Waals surface area contributed by atoms with Gasteiger partial charge in [-0.2, -0.15) is 15.0 Å². The van der Waals surface area contributed by atoms with Crippen LogP contribution in [0, 0.1) is 11.3 Å². The van der Waals surface area contributed by atoms with Gasteiger partial charge in [-0.3, -0.25) is 4.79 Å². The fourth-order valence-corrected chi connectivity index (χ4v) is 3.20. The fraction of sp³-hybridized carbons (Fsp3) is 0.200. The SMILES string of the molecule is CC(C)c1nc2ccc(Br)cc2c(=O)n1N=Cc1ccc(OCC#N)c(Cl)c1. The predicted octanol–water partition coefficient (Wildman–Crippen LogP) is 4.72. The second-order valence-electron chi connectivity index (χ2n) is 6.28. The van der Waals surface area contributed by atoms with Crippen molar-refractivity contribution >= 4 is 44.6 Å². The van der Waals surface area contributed by atoms with E-state index in [4.69, 9.17) is 21.6 Å². The minimum absolute atomic E-state index is 0.00300. The number of aromatic nitrogens is 2. The molecule has 1 aromatic heterocycles. The molecule has 0 bridgehead atoms. The van der Waals surface area contributed by atoms with Crippen LogP contribution < -0.4 is 10.3 Å². The topological polar surface area (TPSA) is 80.3 Å². The third kappa shape index (κ3) is 4.24. The van der Waals surface area contributed by atoms with Crippen LogP contribution in [0.2, 0.25) is 5.02 Å². The van der Waals surface area contributed by atoms with E-state index in [1.165, 1.54) is 4.68 Å². The van der Waals surface area contributed by atoms with E-state index in [-0.39, 0.29) is 18.1 Å². The van der Waals surface area contributed by atoms with Crippen LogP contribution in [0.3, 0.4) is 0 Å². The molecule has 0 amide bonds. The van der Waals surface area contributed by atoms with Gasteiger partial charge in [0.05, 0.1) is 22.1 Å². The van der Waals surface area contributed by atoms with Gasteiger partial charge in [0.2, 0.25) is 0 Å². The van der Waals surface area contributed by atoms with Crippen LogP contribution in [0.25, 0.3) is 10.9 Å². The Labute approximate surface area is 175 Å². The highest BCUT2D eigenvalue weighted by Crippen LogP contribution is 2.25. The normalized spacial score (nSPS) is 11.3. The molecule has 6 nitrogen and oxygen atoms in total. The number of nitriles is 1. The quantitative estimate of drug-likeness (QED) is 0.517. The highest BCUT2D eigenvalue weighted by Gasteiger charge is 2.13. The van der Waals surface area contributed by atoms with Crippen molar-refractivity contribution in [3.8, 4) is 11.8 Å². The molecular formula is C20H16BrClN4O2. The molecule has 0 spiro atoms. The molecule has 1 heterocycles. The van der Waals surface area contributed by atoms with Crippen LogP contribution in [0.1, 0.15) is 31.2 Å². The van der Waals surface area contributed by atoms with Gasteiger partial charge < -0.3 is 4.74 Å². The summed E-state index contributed by atoms with van der Waals surface area (Å²) in [5.41, 5.74) is 1.07. The molecule has 2 aromatic carbocycles. The molecule has 0 atom stereocenters. The van der Waals surface area contributed by atoms with E-state index in [0.29, 0.717) is 33.1 Å². The second kappa shape index (κ2) is 8.55. The number of hydrogen-bond acceptors (Lipinski definition) is 5. The van der Waals surface area contributed by atoms with E-state index >= 15 is 0 Å². The number of halogens is 2. The summed E-state index contributed by atoms with van der Waals surface area (Å²) in [4.78, 5) is 17.6. The molecule has 0 saturated carbocycles. The van der Waals surface area contributed by atoms with Gasteiger partial charge in [-0.05, 0) is 42.0 Å². The molecule has 0 unspecified atom stereocenters. The Balaban J connectivity index is 2.05. The van der Waals surface area contributed by atoms with Crippen molar-refractivity contribution in [3.63, 3.8) is 0 Å². The number of benzene rings is 2. The summed E-state index contributed by atoms with van der Waals surface area (Å²) in [6.45, 7) is 3.83. The average molecular weight is 460 g/mol. The van der Waals surface area contributed by atoms with Gasteiger partial charge in [-0.25, -0.2) is 4.98 Å². The van der Waals surface area contributed by atoms with Crippen molar-refractivity contribution in [1.29, 1.82) is 5.26 Å². The summed E-state index contributed by atoms with van der Waals surface area (Å²) in [6, 6.07) is 12.3. The van der Waals surface area contributed by atoms with E-state index in [0.717, 1.165) is 4.47 Å². The molecule has 3 rings (SSSR count). The highest BCUT2D eigenvalue weighted by atomic mass is 79.9. The van der Waals surface area contributed by atoms with E-state index < -0.39 is 0 Å². The average Bonchev–Trinajstić information content (AvgIpc) is 2.66. The summed E-state index contributed by atoms with van der Waals surface area (Å²) >= 11 is 9.56. The minimum Gasteiger partial charge on any atom is -0.477 e. The summed E-state index contributed by atoms with van der Waals surface area (Å²) in [7, 11) is 0. The first-order valence-electron chi connectivity index (χ1n) is 8.46. The lowest BCUT2D eigenvalue weighted by Gasteiger charge is -2.12. The Hall–Kier alpha value is -2.69. The standard InChI is InChI=1S/C20H16BrClN4O2/c1-12(2)19-25-17-5-4-14(21)10-15(17)20(27)26(19)24-11-13-3-6-18(16(22)9-13)28-8-7-23/h3-6,9-12H,8H2,1-2H3. The van der Waals surface area contributed by atoms with Gasteiger partial charge in [-0.15, -0.1) is 0 Å². The van der Waals surface area contributed by atoms with Gasteiger partial charge in [-0.1, -0.05) is 41.4 Å². The smallest absolute Gasteiger partial charge is 0.282 e. The number of rotatable bonds is 5. The van der Waals surface area contributed by atoms with Crippen molar-refractivity contribution in [2.24, 2.45) is 5.10 Å². The lowest BCUT2D eigenvalue weighted by atomic mass is 10.2. The molecule has 0 N–H and O–H groups in total. The first-order chi connectivity index (χ1) is 13.4. The molecule has 0 fully saturated rings. The maximum Gasteiger partial charge on any atom is 0.282 e. The second-order valence-corrected chi connectivity index (χ2v) is 7.61. The Bertz CT molecular complexity index is 1170. The number of nitrogens with zero attached hydrogens (tertiary/aromatic N) is 4. The van der Waals surface area contributed by atoms with Gasteiger partial charge in [0.15, 0.2) is 6.61 Å². The Morgan fingerprint density at radius 1 is 1.36 bits per heavy atom. The van der Waals surface area contributed by atoms with Gasteiger partial charge in [0, 0.05) is 10.4 Å². The number of fused-ring (bicyclic) bond motifs is 1. The van der Waals surface area contributed by atoms with Gasteiger partial charge in [0.25, 0.3) is 5.56 Å². The fourth-order valence-electron chi connectivity index (χ4n) is 2.60. The lowest BCUT2D eigenvalue weighted by Crippen LogP contribution is -2.23. The first kappa shape index (κ1) is 20.1. The van der Waals surface area contributed by atoms with Crippen molar-refractivity contribution < 1.29 is 4.74 Å². The molecule has 28 heavy (non-hydrogen) atoms. The zero-order chi connectivity index (χ0) is 20.3. The van der Waals surface area contributed by atoms with Gasteiger partial charge >= 0.3 is 0 Å². The van der Waals surface area contributed by atoms with Crippen LogP contribution in [0.4, 0.5) is 0 Å². The molecule has 142 valence electrons. The molecule has 0 aliphatic rings. The van der Waals surface area contributed by atoms with Crippen LogP contribution in [0.5, 0.6) is 5.75 Å². The van der Waals surface area contributed by atoms with Crippen LogP contribution in [-0.4, -0.2) is 22.5 Å². The first-order valence-corrected chi connectivity index (χ1v) is 9.63. The zero-order valence-corrected chi connectivity index (χ0v) is 17.5. The predicted molar refractivity (Wildman–Crippen MR) is 113 cm³/mol. The summed E-state index contributed by atoms with van der Waals surface area (Å²) in [5.74, 6) is 0.983. The number of hydrogen-bond donors (Lipinski definition) is 0. The molecule has 0 saturated heterocycles. The van der Waals surface area contributed by atoms with Crippen LogP contribution in [0.15, 0.2) is 50.8 Å². The van der Waals surface area contributed by atoms with Crippen LogP contribution >= 0.6 is 27.5 Å². The van der Waals surface area contributed by atoms with E-state index in [1.807, 2.05) is 26.0 Å².